The van der Waals surface area contributed by atoms with Gasteiger partial charge in [-0.3, -0.25) is 9.89 Å². The topological polar surface area (TPSA) is 78.3 Å². The lowest BCUT2D eigenvalue weighted by Gasteiger charge is -2.11. The summed E-state index contributed by atoms with van der Waals surface area (Å²) in [6.07, 6.45) is 1.74. The fraction of sp³-hybridized carbons (Fsp3) is 0.100. The van der Waals surface area contributed by atoms with Gasteiger partial charge in [-0.15, -0.1) is 0 Å². The molecule has 0 saturated carbocycles. The predicted octanol–water partition coefficient (Wildman–Crippen LogP) is 1.82. The van der Waals surface area contributed by atoms with E-state index in [0.29, 0.717) is 16.3 Å². The molecule has 0 aliphatic carbocycles. The van der Waals surface area contributed by atoms with Crippen LogP contribution >= 0.6 is 11.6 Å². The standard InChI is InChI=1S/C20H18ClN3O3/c1-12-16(10-13-4-6-14(7-5-13)23(2)3)19(25)24(22-12)15-8-9-18(21)17(11-15)20(26)27/h4-11,22H,1H2,2-3H3,(H,26,27)/b16-10-. The van der Waals surface area contributed by atoms with Gasteiger partial charge in [0.2, 0.25) is 0 Å². The zero-order valence-corrected chi connectivity index (χ0v) is 15.6. The Balaban J connectivity index is 2.11. The van der Waals surface area contributed by atoms with Crippen LogP contribution in [0.3, 0.4) is 0 Å². The Labute approximate surface area is 160 Å². The van der Waals surface area contributed by atoms with E-state index in [-0.39, 0.29) is 16.1 Å². The van der Waals surface area contributed by atoms with Crippen molar-refractivity contribution < 1.29 is 9.90 Å². The smallest absolute Gasteiger partial charge is 0.337 e. The molecule has 3 aromatic rings. The van der Waals surface area contributed by atoms with Gasteiger partial charge in [0, 0.05) is 19.8 Å². The number of benzene rings is 2. The summed E-state index contributed by atoms with van der Waals surface area (Å²) in [5, 5.41) is 13.0. The number of H-pyrrole nitrogens is 1. The van der Waals surface area contributed by atoms with E-state index in [1.807, 2.05) is 43.3 Å². The Morgan fingerprint density at radius 3 is 2.48 bits per heavy atom. The second-order valence-electron chi connectivity index (χ2n) is 6.24. The van der Waals surface area contributed by atoms with Crippen LogP contribution in [0.1, 0.15) is 15.9 Å². The zero-order chi connectivity index (χ0) is 19.7. The molecule has 6 nitrogen and oxygen atoms in total. The Morgan fingerprint density at radius 1 is 1.22 bits per heavy atom. The molecule has 138 valence electrons. The minimum absolute atomic E-state index is 0.0777. The first kappa shape index (κ1) is 18.5. The highest BCUT2D eigenvalue weighted by Crippen LogP contribution is 2.18. The number of anilines is 1. The van der Waals surface area contributed by atoms with E-state index in [1.165, 1.54) is 16.8 Å². The van der Waals surface area contributed by atoms with Crippen LogP contribution in [0.2, 0.25) is 5.02 Å². The predicted molar refractivity (Wildman–Crippen MR) is 107 cm³/mol. The summed E-state index contributed by atoms with van der Waals surface area (Å²) >= 11 is 5.90. The van der Waals surface area contributed by atoms with Gasteiger partial charge in [0.05, 0.1) is 26.8 Å². The second-order valence-corrected chi connectivity index (χ2v) is 6.65. The zero-order valence-electron chi connectivity index (χ0n) is 14.9. The minimum atomic E-state index is -1.16. The van der Waals surface area contributed by atoms with E-state index >= 15 is 0 Å². The molecule has 0 atom stereocenters. The number of aromatic nitrogens is 2. The van der Waals surface area contributed by atoms with Crippen molar-refractivity contribution in [2.45, 2.75) is 0 Å². The SMILES string of the molecule is C=c1[nH]n(-c2ccc(Cl)c(C(=O)O)c2)c(=O)/c1=C\c1ccc(N(C)C)cc1. The molecule has 7 heteroatoms. The maximum atomic E-state index is 12.8. The van der Waals surface area contributed by atoms with E-state index in [4.69, 9.17) is 11.6 Å². The van der Waals surface area contributed by atoms with Crippen LogP contribution in [0.15, 0.2) is 47.3 Å². The number of aromatic amines is 1. The molecule has 0 bridgehead atoms. The number of aromatic carboxylic acids is 1. The van der Waals surface area contributed by atoms with Crippen LogP contribution in [0.5, 0.6) is 0 Å². The molecular formula is C20H18ClN3O3. The number of hydrogen-bond acceptors (Lipinski definition) is 3. The number of hydrogen-bond donors (Lipinski definition) is 2. The third-order valence-electron chi connectivity index (χ3n) is 4.16. The summed E-state index contributed by atoms with van der Waals surface area (Å²) in [6.45, 7) is 3.89. The van der Waals surface area contributed by atoms with Gasteiger partial charge in [0.15, 0.2) is 0 Å². The molecule has 27 heavy (non-hydrogen) atoms. The lowest BCUT2D eigenvalue weighted by atomic mass is 10.1. The largest absolute Gasteiger partial charge is 0.478 e. The van der Waals surface area contributed by atoms with Gasteiger partial charge in [-0.25, -0.2) is 9.48 Å². The summed E-state index contributed by atoms with van der Waals surface area (Å²) in [4.78, 5) is 26.1. The van der Waals surface area contributed by atoms with Crippen molar-refractivity contribution in [1.82, 2.24) is 9.78 Å². The normalized spacial score (nSPS) is 11.6. The van der Waals surface area contributed by atoms with Crippen LogP contribution in [0, 0.1) is 0 Å². The molecule has 1 aromatic heterocycles. The van der Waals surface area contributed by atoms with E-state index < -0.39 is 5.97 Å². The fourth-order valence-corrected chi connectivity index (χ4v) is 2.88. The molecule has 0 unspecified atom stereocenters. The molecular weight excluding hydrogens is 366 g/mol. The maximum absolute atomic E-state index is 12.8. The van der Waals surface area contributed by atoms with Gasteiger partial charge in [-0.1, -0.05) is 30.3 Å². The van der Waals surface area contributed by atoms with Crippen molar-refractivity contribution in [3.63, 3.8) is 0 Å². The van der Waals surface area contributed by atoms with Gasteiger partial charge in [-0.05, 0) is 42.0 Å². The number of carboxylic acids is 1. The number of halogens is 1. The van der Waals surface area contributed by atoms with Gasteiger partial charge in [0.1, 0.15) is 0 Å². The molecule has 0 amide bonds. The van der Waals surface area contributed by atoms with E-state index in [1.54, 1.807) is 12.1 Å². The molecule has 2 aromatic carbocycles. The first-order valence-corrected chi connectivity index (χ1v) is 8.48. The van der Waals surface area contributed by atoms with Crippen LogP contribution < -0.4 is 21.0 Å². The molecule has 3 rings (SSSR count). The van der Waals surface area contributed by atoms with Crippen molar-refractivity contribution in [2.75, 3.05) is 19.0 Å². The molecule has 0 aliphatic heterocycles. The highest BCUT2D eigenvalue weighted by molar-refractivity contribution is 6.33. The Kier molecular flexibility index (Phi) is 4.92. The van der Waals surface area contributed by atoms with Crippen LogP contribution in [0.4, 0.5) is 5.69 Å². The summed E-state index contributed by atoms with van der Waals surface area (Å²) < 4.78 is 1.26. The molecule has 0 radical (unpaired) electrons. The van der Waals surface area contributed by atoms with E-state index in [2.05, 4.69) is 11.7 Å². The van der Waals surface area contributed by atoms with Crippen molar-refractivity contribution in [3.8, 4) is 5.69 Å². The fourth-order valence-electron chi connectivity index (χ4n) is 2.68. The maximum Gasteiger partial charge on any atom is 0.337 e. The van der Waals surface area contributed by atoms with Gasteiger partial charge >= 0.3 is 5.97 Å². The summed E-state index contributed by atoms with van der Waals surface area (Å²) in [7, 11) is 3.91. The first-order chi connectivity index (χ1) is 12.8. The highest BCUT2D eigenvalue weighted by atomic mass is 35.5. The molecule has 1 heterocycles. The third-order valence-corrected chi connectivity index (χ3v) is 4.49. The molecule has 0 saturated heterocycles. The number of nitrogens with one attached hydrogen (secondary N) is 1. The number of nitrogens with zero attached hydrogens (tertiary/aromatic N) is 2. The van der Waals surface area contributed by atoms with Gasteiger partial charge < -0.3 is 10.0 Å². The van der Waals surface area contributed by atoms with Crippen LogP contribution in [-0.2, 0) is 0 Å². The van der Waals surface area contributed by atoms with Crippen molar-refractivity contribution in [2.24, 2.45) is 0 Å². The molecule has 0 aliphatic rings. The Morgan fingerprint density at radius 2 is 1.89 bits per heavy atom. The lowest BCUT2D eigenvalue weighted by molar-refractivity contribution is 0.0697. The Bertz CT molecular complexity index is 1170. The average Bonchev–Trinajstić information content (AvgIpc) is 2.90. The lowest BCUT2D eigenvalue weighted by Crippen LogP contribution is -2.34. The monoisotopic (exact) mass is 383 g/mol. The molecule has 2 N–H and O–H groups in total. The minimum Gasteiger partial charge on any atom is -0.478 e. The summed E-state index contributed by atoms with van der Waals surface area (Å²) in [6, 6.07) is 12.1. The quantitative estimate of drug-likeness (QED) is 0.720. The average molecular weight is 384 g/mol. The Hall–Kier alpha value is -3.25. The number of rotatable bonds is 4. The van der Waals surface area contributed by atoms with E-state index in [0.717, 1.165) is 11.3 Å². The second kappa shape index (κ2) is 7.17. The number of carbonyl (C=O) groups is 1. The molecule has 0 spiro atoms. The summed E-state index contributed by atoms with van der Waals surface area (Å²) in [5.41, 5.74) is 1.88. The highest BCUT2D eigenvalue weighted by Gasteiger charge is 2.12. The van der Waals surface area contributed by atoms with E-state index in [9.17, 15) is 14.7 Å². The van der Waals surface area contributed by atoms with Crippen molar-refractivity contribution >= 4 is 35.9 Å². The molecule has 0 fully saturated rings. The van der Waals surface area contributed by atoms with Crippen LogP contribution in [-0.4, -0.2) is 35.0 Å². The van der Waals surface area contributed by atoms with Gasteiger partial charge in [-0.2, -0.15) is 0 Å². The third kappa shape index (κ3) is 3.66. The first-order valence-electron chi connectivity index (χ1n) is 8.10. The summed E-state index contributed by atoms with van der Waals surface area (Å²) in [5.74, 6) is -1.16. The van der Waals surface area contributed by atoms with Gasteiger partial charge in [0.25, 0.3) is 5.56 Å². The van der Waals surface area contributed by atoms with Crippen molar-refractivity contribution in [1.29, 1.82) is 0 Å². The number of carboxylic acid groups (broad SMARTS) is 1. The van der Waals surface area contributed by atoms with Crippen molar-refractivity contribution in [3.05, 3.63) is 79.5 Å². The van der Waals surface area contributed by atoms with Crippen LogP contribution in [0.25, 0.3) is 18.3 Å².